The first-order chi connectivity index (χ1) is 8.27. The summed E-state index contributed by atoms with van der Waals surface area (Å²) in [5.41, 5.74) is 2.64. The van der Waals surface area contributed by atoms with Crippen LogP contribution in [0, 0.1) is 5.92 Å². The van der Waals surface area contributed by atoms with Crippen molar-refractivity contribution in [2.45, 2.75) is 59.3 Å². The molecule has 1 unspecified atom stereocenters. The SMILES string of the molecule is CCC(=O)C(c1ccc(C(C)(C)C)cc1)C(C)C. The predicted octanol–water partition coefficient (Wildman–Crippen LogP) is 4.70. The molecule has 1 nitrogen and oxygen atoms in total. The maximum atomic E-state index is 12.0. The molecule has 1 aromatic carbocycles. The zero-order valence-corrected chi connectivity index (χ0v) is 12.6. The van der Waals surface area contributed by atoms with Gasteiger partial charge in [-0.2, -0.15) is 0 Å². The second kappa shape index (κ2) is 5.69. The van der Waals surface area contributed by atoms with Crippen molar-refractivity contribution in [3.63, 3.8) is 0 Å². The lowest BCUT2D eigenvalue weighted by molar-refractivity contribution is -0.121. The zero-order chi connectivity index (χ0) is 13.9. The van der Waals surface area contributed by atoms with Crippen LogP contribution in [0.3, 0.4) is 0 Å². The van der Waals surface area contributed by atoms with Gasteiger partial charge in [0.2, 0.25) is 0 Å². The second-order valence-corrected chi connectivity index (χ2v) is 6.41. The average Bonchev–Trinajstić information content (AvgIpc) is 2.28. The highest BCUT2D eigenvalue weighted by molar-refractivity contribution is 5.85. The normalized spacial score (nSPS) is 13.7. The van der Waals surface area contributed by atoms with Crippen LogP contribution >= 0.6 is 0 Å². The molecule has 100 valence electrons. The molecule has 0 amide bonds. The molecule has 0 radical (unpaired) electrons. The number of ketones is 1. The van der Waals surface area contributed by atoms with Crippen molar-refractivity contribution >= 4 is 5.78 Å². The molecule has 0 aliphatic carbocycles. The Morgan fingerprint density at radius 2 is 1.61 bits per heavy atom. The van der Waals surface area contributed by atoms with Crippen molar-refractivity contribution in [2.24, 2.45) is 5.92 Å². The van der Waals surface area contributed by atoms with E-state index in [-0.39, 0.29) is 11.3 Å². The van der Waals surface area contributed by atoms with Crippen LogP contribution in [0.4, 0.5) is 0 Å². The summed E-state index contributed by atoms with van der Waals surface area (Å²) in [5.74, 6) is 0.746. The van der Waals surface area contributed by atoms with Crippen molar-refractivity contribution < 1.29 is 4.79 Å². The summed E-state index contributed by atoms with van der Waals surface area (Å²) in [6.07, 6.45) is 0.615. The van der Waals surface area contributed by atoms with Crippen molar-refractivity contribution in [2.75, 3.05) is 0 Å². The molecular formula is C17H26O. The molecule has 1 heteroatoms. The predicted molar refractivity (Wildman–Crippen MR) is 78.0 cm³/mol. The standard InChI is InChI=1S/C17H26O/c1-7-15(18)16(12(2)3)13-8-10-14(11-9-13)17(4,5)6/h8-12,16H,7H2,1-6H3. The molecule has 1 rings (SSSR count). The van der Waals surface area contributed by atoms with Gasteiger partial charge in [-0.3, -0.25) is 4.79 Å². The fraction of sp³-hybridized carbons (Fsp3) is 0.588. The Labute approximate surface area is 112 Å². The van der Waals surface area contributed by atoms with E-state index < -0.39 is 0 Å². The minimum atomic E-state index is 0.0454. The smallest absolute Gasteiger partial charge is 0.140 e. The average molecular weight is 246 g/mol. The van der Waals surface area contributed by atoms with Gasteiger partial charge in [-0.1, -0.05) is 65.8 Å². The van der Waals surface area contributed by atoms with Gasteiger partial charge in [-0.05, 0) is 22.5 Å². The Kier molecular flexibility index (Phi) is 4.72. The molecule has 0 spiro atoms. The number of benzene rings is 1. The molecule has 0 N–H and O–H groups in total. The molecule has 18 heavy (non-hydrogen) atoms. The van der Waals surface area contributed by atoms with Gasteiger partial charge in [0.1, 0.15) is 5.78 Å². The highest BCUT2D eigenvalue weighted by atomic mass is 16.1. The minimum absolute atomic E-state index is 0.0454. The topological polar surface area (TPSA) is 17.1 Å². The van der Waals surface area contributed by atoms with Crippen LogP contribution in [0.2, 0.25) is 0 Å². The van der Waals surface area contributed by atoms with Gasteiger partial charge in [-0.25, -0.2) is 0 Å². The molecule has 0 saturated carbocycles. The molecule has 1 aromatic rings. The van der Waals surface area contributed by atoms with Gasteiger partial charge in [0.25, 0.3) is 0 Å². The van der Waals surface area contributed by atoms with Crippen molar-refractivity contribution in [3.8, 4) is 0 Å². The monoisotopic (exact) mass is 246 g/mol. The van der Waals surface area contributed by atoms with E-state index in [0.717, 1.165) is 5.56 Å². The second-order valence-electron chi connectivity index (χ2n) is 6.41. The summed E-state index contributed by atoms with van der Waals surface area (Å²) in [7, 11) is 0. The van der Waals surface area contributed by atoms with Crippen molar-refractivity contribution in [1.82, 2.24) is 0 Å². The van der Waals surface area contributed by atoms with E-state index in [2.05, 4.69) is 58.9 Å². The van der Waals surface area contributed by atoms with Gasteiger partial charge >= 0.3 is 0 Å². The molecule has 0 aliphatic heterocycles. The maximum absolute atomic E-state index is 12.0. The molecule has 0 fully saturated rings. The largest absolute Gasteiger partial charge is 0.299 e. The van der Waals surface area contributed by atoms with E-state index in [1.165, 1.54) is 5.56 Å². The lowest BCUT2D eigenvalue weighted by Crippen LogP contribution is -2.18. The van der Waals surface area contributed by atoms with Crippen LogP contribution in [0.5, 0.6) is 0 Å². The van der Waals surface area contributed by atoms with Crippen LogP contribution in [0.25, 0.3) is 0 Å². The number of carbonyl (C=O) groups excluding carboxylic acids is 1. The zero-order valence-electron chi connectivity index (χ0n) is 12.6. The van der Waals surface area contributed by atoms with Crippen LogP contribution in [-0.4, -0.2) is 5.78 Å². The highest BCUT2D eigenvalue weighted by Crippen LogP contribution is 2.29. The first-order valence-electron chi connectivity index (χ1n) is 6.90. The summed E-state index contributed by atoms with van der Waals surface area (Å²) >= 11 is 0. The summed E-state index contributed by atoms with van der Waals surface area (Å²) in [6.45, 7) is 12.8. The highest BCUT2D eigenvalue weighted by Gasteiger charge is 2.23. The van der Waals surface area contributed by atoms with Gasteiger partial charge < -0.3 is 0 Å². The molecule has 0 aliphatic rings. The fourth-order valence-corrected chi connectivity index (χ4v) is 2.35. The van der Waals surface area contributed by atoms with Crippen molar-refractivity contribution in [1.29, 1.82) is 0 Å². The minimum Gasteiger partial charge on any atom is -0.299 e. The third kappa shape index (κ3) is 3.44. The lowest BCUT2D eigenvalue weighted by atomic mass is 9.81. The van der Waals surface area contributed by atoms with E-state index in [9.17, 15) is 4.79 Å². The quantitative estimate of drug-likeness (QED) is 0.752. The number of Topliss-reactive ketones (excluding diaryl/α,β-unsaturated/α-hetero) is 1. The number of hydrogen-bond acceptors (Lipinski definition) is 1. The summed E-state index contributed by atoms with van der Waals surface area (Å²) in [4.78, 5) is 12.0. The summed E-state index contributed by atoms with van der Waals surface area (Å²) in [6, 6.07) is 8.57. The van der Waals surface area contributed by atoms with Crippen molar-refractivity contribution in [3.05, 3.63) is 35.4 Å². The third-order valence-electron chi connectivity index (χ3n) is 3.50. The first-order valence-corrected chi connectivity index (χ1v) is 6.90. The van der Waals surface area contributed by atoms with E-state index in [1.54, 1.807) is 0 Å². The van der Waals surface area contributed by atoms with Crippen LogP contribution in [0.15, 0.2) is 24.3 Å². The van der Waals surface area contributed by atoms with Gasteiger partial charge in [-0.15, -0.1) is 0 Å². The summed E-state index contributed by atoms with van der Waals surface area (Å²) < 4.78 is 0. The molecule has 0 saturated heterocycles. The third-order valence-corrected chi connectivity index (χ3v) is 3.50. The Balaban J connectivity index is 3.05. The molecule has 1 atom stereocenters. The molecule has 0 heterocycles. The van der Waals surface area contributed by atoms with Crippen LogP contribution in [-0.2, 0) is 10.2 Å². The van der Waals surface area contributed by atoms with E-state index in [1.807, 2.05) is 6.92 Å². The Morgan fingerprint density at radius 1 is 1.11 bits per heavy atom. The molecular weight excluding hydrogens is 220 g/mol. The maximum Gasteiger partial charge on any atom is 0.140 e. The fourth-order valence-electron chi connectivity index (χ4n) is 2.35. The van der Waals surface area contributed by atoms with E-state index in [0.29, 0.717) is 18.1 Å². The van der Waals surface area contributed by atoms with Crippen LogP contribution < -0.4 is 0 Å². The van der Waals surface area contributed by atoms with E-state index in [4.69, 9.17) is 0 Å². The van der Waals surface area contributed by atoms with Gasteiger partial charge in [0.15, 0.2) is 0 Å². The Hall–Kier alpha value is -1.11. The Bertz CT molecular complexity index is 393. The molecule has 0 aromatic heterocycles. The first kappa shape index (κ1) is 14.9. The Morgan fingerprint density at radius 3 is 1.94 bits per heavy atom. The van der Waals surface area contributed by atoms with Gasteiger partial charge in [0.05, 0.1) is 0 Å². The van der Waals surface area contributed by atoms with E-state index >= 15 is 0 Å². The number of rotatable bonds is 4. The summed E-state index contributed by atoms with van der Waals surface area (Å²) in [5, 5.41) is 0. The lowest BCUT2D eigenvalue weighted by Gasteiger charge is -2.23. The number of carbonyl (C=O) groups is 1. The molecule has 0 bridgehead atoms. The van der Waals surface area contributed by atoms with Gasteiger partial charge in [0, 0.05) is 12.3 Å². The van der Waals surface area contributed by atoms with Crippen LogP contribution in [0.1, 0.15) is 65.0 Å². The number of hydrogen-bond donors (Lipinski definition) is 0.